The van der Waals surface area contributed by atoms with Gasteiger partial charge < -0.3 is 9.30 Å². The number of aliphatic imine (C=N–C) groups is 1. The summed E-state index contributed by atoms with van der Waals surface area (Å²) in [6.45, 7) is 8.50. The van der Waals surface area contributed by atoms with E-state index in [1.54, 1.807) is 6.08 Å². The molecule has 5 rings (SSSR count). The minimum atomic E-state index is -0.439. The lowest BCUT2D eigenvalue weighted by atomic mass is 10.1. The number of hydrogen-bond acceptors (Lipinski definition) is 5. The van der Waals surface area contributed by atoms with Crippen molar-refractivity contribution in [2.45, 2.75) is 27.7 Å². The van der Waals surface area contributed by atoms with E-state index in [2.05, 4.69) is 46.7 Å². The van der Waals surface area contributed by atoms with Crippen LogP contribution in [0.2, 0.25) is 0 Å². The normalized spacial score (nSPS) is 16.5. The van der Waals surface area contributed by atoms with Crippen LogP contribution in [0.3, 0.4) is 0 Å². The molecule has 0 atom stereocenters. The van der Waals surface area contributed by atoms with Gasteiger partial charge >= 0.3 is 0 Å². The van der Waals surface area contributed by atoms with Gasteiger partial charge in [0.25, 0.3) is 5.91 Å². The highest BCUT2D eigenvalue weighted by Gasteiger charge is 2.36. The number of aryl methyl sites for hydroxylation is 3. The molecule has 176 valence electrons. The molecule has 3 aromatic rings. The van der Waals surface area contributed by atoms with Crippen molar-refractivity contribution in [1.29, 1.82) is 5.41 Å². The molecule has 8 heteroatoms. The van der Waals surface area contributed by atoms with E-state index in [0.717, 1.165) is 28.4 Å². The Balaban J connectivity index is 1.44. The van der Waals surface area contributed by atoms with Crippen LogP contribution in [0.4, 0.5) is 0 Å². The lowest BCUT2D eigenvalue weighted by molar-refractivity contribution is -0.114. The molecule has 0 saturated heterocycles. The van der Waals surface area contributed by atoms with Gasteiger partial charge in [-0.1, -0.05) is 36.4 Å². The first-order valence-corrected chi connectivity index (χ1v) is 12.1. The Kier molecular flexibility index (Phi) is 5.90. The summed E-state index contributed by atoms with van der Waals surface area (Å²) < 4.78 is 7.97. The third-order valence-electron chi connectivity index (χ3n) is 6.04. The molecule has 2 aromatic carbocycles. The van der Waals surface area contributed by atoms with Gasteiger partial charge in [-0.05, 0) is 80.4 Å². The number of nitrogens with zero attached hydrogens (tertiary/aromatic N) is 4. The molecule has 0 fully saturated rings. The summed E-state index contributed by atoms with van der Waals surface area (Å²) in [6.07, 6.45) is 1.75. The number of thioether (sulfide) groups is 1. The van der Waals surface area contributed by atoms with Gasteiger partial charge in [0.15, 0.2) is 5.84 Å². The summed E-state index contributed by atoms with van der Waals surface area (Å²) >= 11 is 1.25. The number of benzene rings is 2. The van der Waals surface area contributed by atoms with Crippen LogP contribution < -0.4 is 4.74 Å². The Labute approximate surface area is 208 Å². The van der Waals surface area contributed by atoms with E-state index in [-0.39, 0.29) is 18.0 Å². The lowest BCUT2D eigenvalue weighted by Crippen LogP contribution is -2.35. The van der Waals surface area contributed by atoms with E-state index in [9.17, 15) is 4.79 Å². The van der Waals surface area contributed by atoms with Crippen LogP contribution in [0.5, 0.6) is 5.75 Å². The van der Waals surface area contributed by atoms with Crippen LogP contribution in [0.1, 0.15) is 28.1 Å². The Hall–Kier alpha value is -3.91. The zero-order valence-electron chi connectivity index (χ0n) is 20.0. The maximum atomic E-state index is 12.9. The second-order valence-corrected chi connectivity index (χ2v) is 9.56. The standard InChI is InChI=1S/C27H25N5O2S/c1-16-9-8-10-17(2)24(16)31-18(3)13-20(19(31)4)14-22-25(28)32-27(29-26(22)33)35-23(30-32)15-34-21-11-6-5-7-12-21/h5-14,28H,15H2,1-4H3. The number of ether oxygens (including phenoxy) is 1. The van der Waals surface area contributed by atoms with Crippen LogP contribution in [-0.2, 0) is 4.79 Å². The van der Waals surface area contributed by atoms with Crippen molar-refractivity contribution in [3.8, 4) is 11.4 Å². The van der Waals surface area contributed by atoms with Gasteiger partial charge in [0.2, 0.25) is 5.17 Å². The van der Waals surface area contributed by atoms with Gasteiger partial charge in [-0.3, -0.25) is 10.2 Å². The van der Waals surface area contributed by atoms with Crippen LogP contribution in [0.15, 0.2) is 70.3 Å². The molecule has 0 saturated carbocycles. The quantitative estimate of drug-likeness (QED) is 0.492. The number of carbonyl (C=O) groups is 1. The fraction of sp³-hybridized carbons (Fsp3) is 0.185. The predicted molar refractivity (Wildman–Crippen MR) is 142 cm³/mol. The van der Waals surface area contributed by atoms with E-state index in [0.29, 0.717) is 10.2 Å². The van der Waals surface area contributed by atoms with Crippen molar-refractivity contribution in [1.82, 2.24) is 9.58 Å². The van der Waals surface area contributed by atoms with Gasteiger partial charge in [0, 0.05) is 11.4 Å². The number of fused-ring (bicyclic) bond motifs is 1. The van der Waals surface area contributed by atoms with E-state index >= 15 is 0 Å². The summed E-state index contributed by atoms with van der Waals surface area (Å²) in [7, 11) is 0. The Morgan fingerprint density at radius 3 is 2.46 bits per heavy atom. The summed E-state index contributed by atoms with van der Waals surface area (Å²) in [5, 5.41) is 15.6. The number of amides is 1. The van der Waals surface area contributed by atoms with Gasteiger partial charge in [-0.2, -0.15) is 15.1 Å². The first-order chi connectivity index (χ1) is 16.8. The number of amidine groups is 2. The fourth-order valence-electron chi connectivity index (χ4n) is 4.34. The monoisotopic (exact) mass is 483 g/mol. The molecule has 0 spiro atoms. The zero-order chi connectivity index (χ0) is 24.7. The van der Waals surface area contributed by atoms with Crippen LogP contribution in [0.25, 0.3) is 11.8 Å². The number of rotatable bonds is 5. The molecule has 7 nitrogen and oxygen atoms in total. The zero-order valence-corrected chi connectivity index (χ0v) is 20.8. The molecule has 35 heavy (non-hydrogen) atoms. The molecule has 0 bridgehead atoms. The SMILES string of the molecule is Cc1cccc(C)c1-n1c(C)cc(C=C2C(=N)N3N=C(COc4ccccc4)SC3=NC2=O)c1C. The topological polar surface area (TPSA) is 83.0 Å². The van der Waals surface area contributed by atoms with E-state index in [1.165, 1.54) is 27.9 Å². The third kappa shape index (κ3) is 4.21. The molecule has 2 aliphatic rings. The van der Waals surface area contributed by atoms with Gasteiger partial charge in [0.1, 0.15) is 17.4 Å². The van der Waals surface area contributed by atoms with E-state index < -0.39 is 5.91 Å². The van der Waals surface area contributed by atoms with Gasteiger partial charge in [-0.15, -0.1) is 0 Å². The number of para-hydroxylation sites is 2. The number of aromatic nitrogens is 1. The first-order valence-electron chi connectivity index (χ1n) is 11.3. The lowest BCUT2D eigenvalue weighted by Gasteiger charge is -2.20. The summed E-state index contributed by atoms with van der Waals surface area (Å²) in [4.78, 5) is 17.1. The van der Waals surface area contributed by atoms with Crippen molar-refractivity contribution in [2.24, 2.45) is 10.1 Å². The highest BCUT2D eigenvalue weighted by Crippen LogP contribution is 2.31. The third-order valence-corrected chi connectivity index (χ3v) is 6.92. The maximum absolute atomic E-state index is 12.9. The molecule has 0 aliphatic carbocycles. The van der Waals surface area contributed by atoms with Gasteiger partial charge in [-0.25, -0.2) is 0 Å². The van der Waals surface area contributed by atoms with Crippen LogP contribution in [0, 0.1) is 33.1 Å². The van der Waals surface area contributed by atoms with Crippen LogP contribution >= 0.6 is 11.8 Å². The van der Waals surface area contributed by atoms with Crippen molar-refractivity contribution < 1.29 is 9.53 Å². The smallest absolute Gasteiger partial charge is 0.283 e. The molecular weight excluding hydrogens is 458 g/mol. The summed E-state index contributed by atoms with van der Waals surface area (Å²) in [5.41, 5.74) is 6.64. The second-order valence-electron chi connectivity index (χ2n) is 8.52. The average molecular weight is 484 g/mol. The Morgan fingerprint density at radius 1 is 1.03 bits per heavy atom. The maximum Gasteiger partial charge on any atom is 0.283 e. The molecule has 0 unspecified atom stereocenters. The summed E-state index contributed by atoms with van der Waals surface area (Å²) in [6, 6.07) is 17.7. The van der Waals surface area contributed by atoms with Gasteiger partial charge in [0.05, 0.1) is 11.3 Å². The Bertz CT molecular complexity index is 1430. The van der Waals surface area contributed by atoms with E-state index in [4.69, 9.17) is 10.1 Å². The van der Waals surface area contributed by atoms with Crippen molar-refractivity contribution in [3.63, 3.8) is 0 Å². The van der Waals surface area contributed by atoms with Crippen LogP contribution in [-0.4, -0.2) is 38.1 Å². The largest absolute Gasteiger partial charge is 0.487 e. The minimum Gasteiger partial charge on any atom is -0.487 e. The second kappa shape index (κ2) is 9.03. The average Bonchev–Trinajstić information content (AvgIpc) is 3.36. The molecule has 3 heterocycles. The molecule has 0 radical (unpaired) electrons. The highest BCUT2D eigenvalue weighted by molar-refractivity contribution is 8.27. The van der Waals surface area contributed by atoms with E-state index in [1.807, 2.05) is 50.2 Å². The number of nitrogens with one attached hydrogen (secondary N) is 1. The molecule has 1 amide bonds. The molecule has 2 aliphatic heterocycles. The number of hydrogen-bond donors (Lipinski definition) is 1. The highest BCUT2D eigenvalue weighted by atomic mass is 32.2. The predicted octanol–water partition coefficient (Wildman–Crippen LogP) is 5.41. The number of carbonyl (C=O) groups excluding carboxylic acids is 1. The van der Waals surface area contributed by atoms with Crippen molar-refractivity contribution in [3.05, 3.63) is 88.2 Å². The first kappa shape index (κ1) is 22.9. The number of hydrazone groups is 1. The summed E-state index contributed by atoms with van der Waals surface area (Å²) in [5.74, 6) is 0.304. The van der Waals surface area contributed by atoms with Crippen molar-refractivity contribution in [2.75, 3.05) is 6.61 Å². The fourth-order valence-corrected chi connectivity index (χ4v) is 5.14. The molecular formula is C27H25N5O2S. The Morgan fingerprint density at radius 2 is 1.74 bits per heavy atom. The molecule has 1 N–H and O–H groups in total. The minimum absolute atomic E-state index is 0.0130. The molecule has 1 aromatic heterocycles. The van der Waals surface area contributed by atoms with Crippen molar-refractivity contribution >= 4 is 39.8 Å².